The van der Waals surface area contributed by atoms with Crippen molar-refractivity contribution in [3.05, 3.63) is 71.3 Å². The van der Waals surface area contributed by atoms with E-state index in [1.165, 1.54) is 13.0 Å². The molecule has 2 aromatic carbocycles. The highest BCUT2D eigenvalue weighted by Crippen LogP contribution is 2.22. The van der Waals surface area contributed by atoms with Gasteiger partial charge in [-0.15, -0.1) is 0 Å². The molecule has 8 heteroatoms. The monoisotopic (exact) mass is 466 g/mol. The highest BCUT2D eigenvalue weighted by atomic mass is 16.5. The number of imide groups is 1. The van der Waals surface area contributed by atoms with E-state index in [9.17, 15) is 19.2 Å². The lowest BCUT2D eigenvalue weighted by Gasteiger charge is -2.19. The van der Waals surface area contributed by atoms with Crippen LogP contribution in [0.4, 0.5) is 0 Å². The molecule has 0 bridgehead atoms. The van der Waals surface area contributed by atoms with Crippen LogP contribution in [0.1, 0.15) is 49.2 Å². The summed E-state index contributed by atoms with van der Waals surface area (Å²) < 4.78 is 9.97. The summed E-state index contributed by atoms with van der Waals surface area (Å²) in [4.78, 5) is 48.3. The molecule has 2 rings (SSSR count). The van der Waals surface area contributed by atoms with E-state index in [4.69, 9.17) is 9.47 Å². The highest BCUT2D eigenvalue weighted by molar-refractivity contribution is 6.05. The van der Waals surface area contributed by atoms with Crippen LogP contribution in [0.5, 0.6) is 5.75 Å². The van der Waals surface area contributed by atoms with Gasteiger partial charge in [0.25, 0.3) is 11.8 Å². The summed E-state index contributed by atoms with van der Waals surface area (Å²) in [5.74, 6) is -1.97. The molecule has 0 aromatic heterocycles. The Bertz CT molecular complexity index is 1050. The minimum Gasteiger partial charge on any atom is -0.497 e. The molecule has 0 aliphatic heterocycles. The lowest BCUT2D eigenvalue weighted by Crippen LogP contribution is -2.41. The molecule has 0 saturated carbocycles. The Labute approximate surface area is 199 Å². The minimum atomic E-state index is -0.985. The van der Waals surface area contributed by atoms with E-state index in [1.807, 2.05) is 12.1 Å². The van der Waals surface area contributed by atoms with E-state index >= 15 is 0 Å². The third-order valence-electron chi connectivity index (χ3n) is 4.87. The second-order valence-electron chi connectivity index (χ2n) is 8.65. The summed E-state index contributed by atoms with van der Waals surface area (Å²) in [5, 5.41) is 4.63. The number of hydrogen-bond donors (Lipinski definition) is 2. The number of amides is 3. The lowest BCUT2D eigenvalue weighted by molar-refractivity contribution is -0.150. The number of nitrogens with one attached hydrogen (secondary N) is 2. The second kappa shape index (κ2) is 11.8. The summed E-state index contributed by atoms with van der Waals surface area (Å²) in [6.07, 6.45) is 2.86. The van der Waals surface area contributed by atoms with Crippen LogP contribution < -0.4 is 15.4 Å². The number of esters is 1. The predicted molar refractivity (Wildman–Crippen MR) is 128 cm³/mol. The maximum absolute atomic E-state index is 12.2. The summed E-state index contributed by atoms with van der Waals surface area (Å²) in [7, 11) is 1.56. The number of methoxy groups -OCH3 is 1. The molecule has 0 radical (unpaired) electrons. The Hall–Kier alpha value is -3.94. The van der Waals surface area contributed by atoms with Crippen molar-refractivity contribution in [2.75, 3.05) is 13.7 Å². The van der Waals surface area contributed by atoms with Crippen molar-refractivity contribution < 1.29 is 28.7 Å². The Balaban J connectivity index is 1.78. The van der Waals surface area contributed by atoms with Gasteiger partial charge in [0, 0.05) is 11.6 Å². The van der Waals surface area contributed by atoms with Crippen LogP contribution in [0.25, 0.3) is 6.08 Å². The van der Waals surface area contributed by atoms with E-state index < -0.39 is 36.3 Å². The maximum atomic E-state index is 12.2. The van der Waals surface area contributed by atoms with Crippen LogP contribution in [0.15, 0.2) is 54.6 Å². The standard InChI is InChI=1S/C26H30N2O6/c1-17(27-22(29)15-8-18-6-13-21(33-5)14-7-18)25(32)34-16-23(30)28-24(31)19-9-11-20(12-10-19)26(2,3)4/h6-15,17H,16H2,1-5H3,(H,27,29)(H,28,30,31). The smallest absolute Gasteiger partial charge is 0.328 e. The highest BCUT2D eigenvalue weighted by Gasteiger charge is 2.19. The zero-order valence-electron chi connectivity index (χ0n) is 20.0. The molecular weight excluding hydrogens is 436 g/mol. The summed E-state index contributed by atoms with van der Waals surface area (Å²) in [5.41, 5.74) is 2.09. The molecular formula is C26H30N2O6. The molecule has 0 aliphatic carbocycles. The molecule has 2 aromatic rings. The average molecular weight is 467 g/mol. The Morgan fingerprint density at radius 2 is 1.59 bits per heavy atom. The number of benzene rings is 2. The third kappa shape index (κ3) is 8.20. The molecule has 2 N–H and O–H groups in total. The molecule has 1 atom stereocenters. The summed E-state index contributed by atoms with van der Waals surface area (Å²) in [6, 6.07) is 13.0. The number of carbonyl (C=O) groups excluding carboxylic acids is 4. The number of hydrogen-bond acceptors (Lipinski definition) is 6. The van der Waals surface area contributed by atoms with Gasteiger partial charge >= 0.3 is 5.97 Å². The number of rotatable bonds is 8. The van der Waals surface area contributed by atoms with Crippen molar-refractivity contribution >= 4 is 29.8 Å². The van der Waals surface area contributed by atoms with Gasteiger partial charge in [0.05, 0.1) is 7.11 Å². The van der Waals surface area contributed by atoms with Crippen LogP contribution in [0, 0.1) is 0 Å². The molecule has 3 amide bonds. The van der Waals surface area contributed by atoms with Crippen molar-refractivity contribution in [1.82, 2.24) is 10.6 Å². The van der Waals surface area contributed by atoms with Gasteiger partial charge < -0.3 is 14.8 Å². The predicted octanol–water partition coefficient (Wildman–Crippen LogP) is 3.01. The van der Waals surface area contributed by atoms with E-state index in [1.54, 1.807) is 49.6 Å². The minimum absolute atomic E-state index is 0.0589. The van der Waals surface area contributed by atoms with Gasteiger partial charge in [-0.05, 0) is 53.8 Å². The third-order valence-corrected chi connectivity index (χ3v) is 4.87. The van der Waals surface area contributed by atoms with Gasteiger partial charge in [-0.3, -0.25) is 19.7 Å². The Morgan fingerprint density at radius 3 is 2.15 bits per heavy atom. The van der Waals surface area contributed by atoms with Crippen LogP contribution >= 0.6 is 0 Å². The second-order valence-corrected chi connectivity index (χ2v) is 8.65. The van der Waals surface area contributed by atoms with Gasteiger partial charge in [-0.1, -0.05) is 45.0 Å². The quantitative estimate of drug-likeness (QED) is 0.457. The van der Waals surface area contributed by atoms with Crippen molar-refractivity contribution in [1.29, 1.82) is 0 Å². The number of ether oxygens (including phenoxy) is 2. The van der Waals surface area contributed by atoms with Crippen LogP contribution in [-0.2, 0) is 24.5 Å². The van der Waals surface area contributed by atoms with E-state index in [-0.39, 0.29) is 5.41 Å². The molecule has 34 heavy (non-hydrogen) atoms. The summed E-state index contributed by atoms with van der Waals surface area (Å²) >= 11 is 0. The van der Waals surface area contributed by atoms with Crippen molar-refractivity contribution in [2.45, 2.75) is 39.2 Å². The fourth-order valence-corrected chi connectivity index (χ4v) is 2.83. The SMILES string of the molecule is COc1ccc(C=CC(=O)NC(C)C(=O)OCC(=O)NC(=O)c2ccc(C(C)(C)C)cc2)cc1. The van der Waals surface area contributed by atoms with Crippen LogP contribution in [-0.4, -0.2) is 43.4 Å². The van der Waals surface area contributed by atoms with Gasteiger partial charge in [-0.2, -0.15) is 0 Å². The molecule has 0 fully saturated rings. The first-order valence-corrected chi connectivity index (χ1v) is 10.7. The zero-order valence-corrected chi connectivity index (χ0v) is 20.0. The Kier molecular flexibility index (Phi) is 9.12. The topological polar surface area (TPSA) is 111 Å². The first-order valence-electron chi connectivity index (χ1n) is 10.7. The first-order chi connectivity index (χ1) is 16.0. The van der Waals surface area contributed by atoms with Crippen molar-refractivity contribution in [2.24, 2.45) is 0 Å². The molecule has 0 spiro atoms. The van der Waals surface area contributed by atoms with E-state index in [0.29, 0.717) is 11.3 Å². The molecule has 1 unspecified atom stereocenters. The molecule has 180 valence electrons. The molecule has 0 saturated heterocycles. The molecule has 8 nitrogen and oxygen atoms in total. The van der Waals surface area contributed by atoms with Crippen LogP contribution in [0.2, 0.25) is 0 Å². The fraction of sp³-hybridized carbons (Fsp3) is 0.308. The zero-order chi connectivity index (χ0) is 25.3. The van der Waals surface area contributed by atoms with Crippen molar-refractivity contribution in [3.8, 4) is 5.75 Å². The lowest BCUT2D eigenvalue weighted by atomic mass is 9.87. The fourth-order valence-electron chi connectivity index (χ4n) is 2.83. The van der Waals surface area contributed by atoms with Gasteiger partial charge in [-0.25, -0.2) is 4.79 Å². The van der Waals surface area contributed by atoms with Crippen molar-refractivity contribution in [3.63, 3.8) is 0 Å². The Morgan fingerprint density at radius 1 is 0.971 bits per heavy atom. The first kappa shape index (κ1) is 26.3. The average Bonchev–Trinajstić information content (AvgIpc) is 2.81. The normalized spacial score (nSPS) is 12.0. The van der Waals surface area contributed by atoms with Gasteiger partial charge in [0.1, 0.15) is 11.8 Å². The van der Waals surface area contributed by atoms with Crippen LogP contribution in [0.3, 0.4) is 0 Å². The van der Waals surface area contributed by atoms with Gasteiger partial charge in [0.15, 0.2) is 6.61 Å². The van der Waals surface area contributed by atoms with E-state index in [0.717, 1.165) is 11.1 Å². The largest absolute Gasteiger partial charge is 0.497 e. The van der Waals surface area contributed by atoms with Gasteiger partial charge in [0.2, 0.25) is 5.91 Å². The maximum Gasteiger partial charge on any atom is 0.328 e. The van der Waals surface area contributed by atoms with E-state index in [2.05, 4.69) is 31.4 Å². The molecule has 0 aliphatic rings. The summed E-state index contributed by atoms with van der Waals surface area (Å²) in [6.45, 7) is 6.95. The number of carbonyl (C=O) groups is 4. The molecule has 0 heterocycles.